The minimum atomic E-state index is -0.0844. The molecule has 0 fully saturated rings. The molecule has 7 nitrogen and oxygen atoms in total. The Kier molecular flexibility index (Phi) is 10.9. The highest BCUT2D eigenvalue weighted by Gasteiger charge is 2.33. The van der Waals surface area contributed by atoms with E-state index in [-0.39, 0.29) is 17.9 Å². The van der Waals surface area contributed by atoms with Crippen LogP contribution in [0.15, 0.2) is 59.3 Å². The van der Waals surface area contributed by atoms with E-state index >= 15 is 0 Å². The van der Waals surface area contributed by atoms with E-state index in [9.17, 15) is 4.79 Å². The van der Waals surface area contributed by atoms with Gasteiger partial charge in [-0.2, -0.15) is 0 Å². The predicted molar refractivity (Wildman–Crippen MR) is 158 cm³/mol. The number of ether oxygens (including phenoxy) is 2. The van der Waals surface area contributed by atoms with E-state index in [1.165, 1.54) is 5.56 Å². The molecule has 5 rings (SSSR count). The van der Waals surface area contributed by atoms with Gasteiger partial charge in [0.05, 0.1) is 26.0 Å². The summed E-state index contributed by atoms with van der Waals surface area (Å²) >= 11 is 11.3. The van der Waals surface area contributed by atoms with Gasteiger partial charge in [0.1, 0.15) is 11.5 Å². The first-order chi connectivity index (χ1) is 18.7. The number of carbonyl (C=O) groups excluding carboxylic acids is 1. The Hall–Kier alpha value is -3.00. The van der Waals surface area contributed by atoms with Crippen molar-refractivity contribution < 1.29 is 19.2 Å². The number of oxime groups is 1. The molecule has 1 amide bonds. The van der Waals surface area contributed by atoms with Crippen molar-refractivity contribution in [2.75, 3.05) is 34.4 Å². The van der Waals surface area contributed by atoms with Gasteiger partial charge in [-0.05, 0) is 67.8 Å². The molecule has 0 radical (unpaired) electrons. The number of allylic oxidation sites excluding steroid dienone is 1. The summed E-state index contributed by atoms with van der Waals surface area (Å²) < 4.78 is 11.0. The molecule has 39 heavy (non-hydrogen) atoms. The quantitative estimate of drug-likeness (QED) is 0.403. The topological polar surface area (TPSA) is 63.6 Å². The lowest BCUT2D eigenvalue weighted by Crippen LogP contribution is -2.41. The van der Waals surface area contributed by atoms with Crippen LogP contribution in [0.5, 0.6) is 11.5 Å². The largest absolute Gasteiger partial charge is 0.497 e. The van der Waals surface area contributed by atoms with Crippen molar-refractivity contribution in [3.05, 3.63) is 80.9 Å². The molecule has 2 unspecified atom stereocenters. The fourth-order valence-electron chi connectivity index (χ4n) is 4.82. The molecule has 0 spiro atoms. The molecule has 2 aromatic carbocycles. The van der Waals surface area contributed by atoms with E-state index in [1.807, 2.05) is 82.1 Å². The lowest BCUT2D eigenvalue weighted by molar-refractivity contribution is -0.150. The van der Waals surface area contributed by atoms with Crippen LogP contribution in [0.3, 0.4) is 0 Å². The number of rotatable bonds is 3. The molecule has 0 saturated heterocycles. The van der Waals surface area contributed by atoms with E-state index in [0.29, 0.717) is 28.7 Å². The third-order valence-electron chi connectivity index (χ3n) is 6.61. The number of nitrogens with zero attached hydrogens (tertiary/aromatic N) is 3. The Labute approximate surface area is 241 Å². The maximum absolute atomic E-state index is 13.3. The molecule has 2 heterocycles. The van der Waals surface area contributed by atoms with Crippen molar-refractivity contribution >= 4 is 34.8 Å². The average Bonchev–Trinajstić information content (AvgIpc) is 2.92. The Morgan fingerprint density at radius 2 is 1.74 bits per heavy atom. The van der Waals surface area contributed by atoms with Crippen LogP contribution in [0.25, 0.3) is 0 Å². The molecule has 2 aliphatic heterocycles. The van der Waals surface area contributed by atoms with Crippen LogP contribution < -0.4 is 9.47 Å². The number of carbonyl (C=O) groups is 1. The summed E-state index contributed by atoms with van der Waals surface area (Å²) in [6.07, 6.45) is 6.47. The smallest absolute Gasteiger partial charge is 0.254 e. The molecular weight excluding hydrogens is 537 g/mol. The lowest BCUT2D eigenvalue weighted by atomic mass is 9.89. The molecule has 210 valence electrons. The van der Waals surface area contributed by atoms with Gasteiger partial charge >= 0.3 is 0 Å². The zero-order valence-corrected chi connectivity index (χ0v) is 25.1. The number of hydrogen-bond donors (Lipinski definition) is 0. The average molecular weight is 575 g/mol. The number of halogens is 2. The second kappa shape index (κ2) is 13.9. The van der Waals surface area contributed by atoms with Gasteiger partial charge in [-0.25, -0.2) is 0 Å². The Morgan fingerprint density at radius 3 is 2.36 bits per heavy atom. The highest BCUT2D eigenvalue weighted by Crippen LogP contribution is 2.40. The Morgan fingerprint density at radius 1 is 1.05 bits per heavy atom. The van der Waals surface area contributed by atoms with E-state index in [2.05, 4.69) is 5.16 Å². The van der Waals surface area contributed by atoms with Crippen LogP contribution in [0.2, 0.25) is 10.0 Å². The fourth-order valence-corrected chi connectivity index (χ4v) is 5.46. The van der Waals surface area contributed by atoms with Crippen molar-refractivity contribution in [2.45, 2.75) is 40.2 Å². The first kappa shape index (κ1) is 30.5. The van der Waals surface area contributed by atoms with Crippen LogP contribution >= 0.6 is 23.2 Å². The van der Waals surface area contributed by atoms with Gasteiger partial charge in [0.15, 0.2) is 0 Å². The number of benzene rings is 2. The maximum atomic E-state index is 13.3. The zero-order chi connectivity index (χ0) is 28.7. The number of amides is 1. The van der Waals surface area contributed by atoms with Crippen molar-refractivity contribution in [3.63, 3.8) is 0 Å². The Balaban J connectivity index is 0.000000322. The van der Waals surface area contributed by atoms with Crippen molar-refractivity contribution in [1.29, 1.82) is 0 Å². The minimum absolute atomic E-state index is 0.0282. The minimum Gasteiger partial charge on any atom is -0.497 e. The molecule has 2 aromatic rings. The lowest BCUT2D eigenvalue weighted by Gasteiger charge is -2.37. The second-order valence-corrected chi connectivity index (χ2v) is 10.1. The maximum Gasteiger partial charge on any atom is 0.254 e. The van der Waals surface area contributed by atoms with Gasteiger partial charge in [0.25, 0.3) is 5.91 Å². The fraction of sp³-hybridized carbons (Fsp3) is 0.400. The molecule has 0 saturated carbocycles. The summed E-state index contributed by atoms with van der Waals surface area (Å²) in [6.45, 7) is 9.33. The number of hydrogen-bond acceptors (Lipinski definition) is 6. The van der Waals surface area contributed by atoms with Crippen LogP contribution in [0, 0.1) is 12.8 Å². The molecule has 0 N–H and O–H groups in total. The van der Waals surface area contributed by atoms with Gasteiger partial charge < -0.3 is 14.4 Å². The van der Waals surface area contributed by atoms with Gasteiger partial charge in [-0.3, -0.25) is 9.73 Å². The van der Waals surface area contributed by atoms with E-state index in [1.54, 1.807) is 25.3 Å². The summed E-state index contributed by atoms with van der Waals surface area (Å²) in [6, 6.07) is 9.29. The molecular formula is C30H37Cl2N3O4. The van der Waals surface area contributed by atoms with Gasteiger partial charge in [-0.1, -0.05) is 48.3 Å². The van der Waals surface area contributed by atoms with Crippen molar-refractivity contribution in [3.8, 4) is 11.5 Å². The monoisotopic (exact) mass is 573 g/mol. The number of aryl methyl sites for hydroxylation is 1. The Bertz CT molecular complexity index is 1210. The third kappa shape index (κ3) is 7.35. The molecule has 0 aromatic heterocycles. The van der Waals surface area contributed by atoms with E-state index in [4.69, 9.17) is 37.6 Å². The number of fused-ring (bicyclic) bond motifs is 2. The summed E-state index contributed by atoms with van der Waals surface area (Å²) in [5.74, 6) is 1.62. The third-order valence-corrected chi connectivity index (χ3v) is 7.05. The van der Waals surface area contributed by atoms with Crippen LogP contribution in [0.1, 0.15) is 43.5 Å². The number of methoxy groups -OCH3 is 2. The summed E-state index contributed by atoms with van der Waals surface area (Å²) in [4.78, 5) is 20.4. The van der Waals surface area contributed by atoms with Crippen molar-refractivity contribution in [2.24, 2.45) is 11.1 Å². The molecule has 1 aliphatic carbocycles. The molecule has 0 bridgehead atoms. The standard InChI is InChI=1S/C21H25N3O4.C7H6Cl2.C2H6/c1-13-20-14(10-17(26-3)11-19(20)27-4)7-8-24(13)21(25)15-5-6-18-16(9-15)12-23(2)28-22-18;1-5-2-6(8)4-7(9)3-5;1-2/h5-6,9-11,13,16H,7-8,12H2,1-4H3;2-4H,1H3;1-2H3. The van der Waals surface area contributed by atoms with Gasteiger partial charge in [-0.15, -0.1) is 5.06 Å². The highest BCUT2D eigenvalue weighted by molar-refractivity contribution is 6.34. The first-order valence-corrected chi connectivity index (χ1v) is 13.8. The SMILES string of the molecule is CC.COc1cc2c(c(OC)c1)C(C)N(C(=O)C1=CC3CN(C)ON=C3C=C1)CC2.Cc1cc(Cl)cc(Cl)c1. The first-order valence-electron chi connectivity index (χ1n) is 13.0. The van der Waals surface area contributed by atoms with E-state index in [0.717, 1.165) is 34.8 Å². The second-order valence-electron chi connectivity index (χ2n) is 9.24. The number of hydroxylamine groups is 2. The summed E-state index contributed by atoms with van der Waals surface area (Å²) in [5, 5.41) is 7.14. The van der Waals surface area contributed by atoms with E-state index < -0.39 is 0 Å². The predicted octanol–water partition coefficient (Wildman–Crippen LogP) is 6.82. The highest BCUT2D eigenvalue weighted by atomic mass is 35.5. The van der Waals surface area contributed by atoms with Crippen LogP contribution in [0.4, 0.5) is 0 Å². The molecule has 9 heteroatoms. The summed E-state index contributed by atoms with van der Waals surface area (Å²) in [7, 11) is 5.13. The normalized spacial score (nSPS) is 19.5. The zero-order valence-electron chi connectivity index (χ0n) is 23.6. The van der Waals surface area contributed by atoms with Gasteiger partial charge in [0, 0.05) is 53.3 Å². The summed E-state index contributed by atoms with van der Waals surface area (Å²) in [5.41, 5.74) is 4.85. The molecule has 3 aliphatic rings. The van der Waals surface area contributed by atoms with Gasteiger partial charge in [0.2, 0.25) is 0 Å². The van der Waals surface area contributed by atoms with Crippen LogP contribution in [-0.4, -0.2) is 55.9 Å². The molecule has 2 atom stereocenters. The van der Waals surface area contributed by atoms with Crippen LogP contribution in [-0.2, 0) is 16.2 Å². The van der Waals surface area contributed by atoms with Crippen molar-refractivity contribution in [1.82, 2.24) is 9.96 Å².